The summed E-state index contributed by atoms with van der Waals surface area (Å²) < 4.78 is 37.5. The minimum Gasteiger partial charge on any atom is -0.492 e. The first-order valence-electron chi connectivity index (χ1n) is 12.6. The summed E-state index contributed by atoms with van der Waals surface area (Å²) in [5, 5.41) is 2.74. The summed E-state index contributed by atoms with van der Waals surface area (Å²) in [4.78, 5) is 16.7. The van der Waals surface area contributed by atoms with Gasteiger partial charge < -0.3 is 14.4 Å². The monoisotopic (exact) mass is 538 g/mol. The topological polar surface area (TPSA) is 91.4 Å². The van der Waals surface area contributed by atoms with Crippen molar-refractivity contribution < 1.29 is 22.7 Å². The van der Waals surface area contributed by atoms with Crippen LogP contribution in [0.1, 0.15) is 6.92 Å². The van der Waals surface area contributed by atoms with Crippen LogP contribution in [0.2, 0.25) is 0 Å². The number of nitrogens with zero attached hydrogens (tertiary/aromatic N) is 3. The summed E-state index contributed by atoms with van der Waals surface area (Å²) in [7, 11) is -3.52. The largest absolute Gasteiger partial charge is 0.492 e. The van der Waals surface area contributed by atoms with Crippen LogP contribution in [0.3, 0.4) is 0 Å². The van der Waals surface area contributed by atoms with Gasteiger partial charge in [-0.1, -0.05) is 36.4 Å². The highest BCUT2D eigenvalue weighted by molar-refractivity contribution is 7.92. The van der Waals surface area contributed by atoms with Crippen molar-refractivity contribution in [1.29, 1.82) is 0 Å². The first kappa shape index (κ1) is 27.3. The van der Waals surface area contributed by atoms with Crippen molar-refractivity contribution in [2.75, 3.05) is 66.7 Å². The molecule has 0 bridgehead atoms. The molecule has 0 atom stereocenters. The van der Waals surface area contributed by atoms with Crippen LogP contribution >= 0.6 is 0 Å². The van der Waals surface area contributed by atoms with Crippen LogP contribution in [0.25, 0.3) is 0 Å². The number of carbonyl (C=O) groups excluding carboxylic acids is 1. The molecule has 1 aliphatic rings. The molecule has 1 amide bonds. The molecule has 1 N–H and O–H groups in total. The number of para-hydroxylation sites is 3. The van der Waals surface area contributed by atoms with Gasteiger partial charge in [0, 0.05) is 38.4 Å². The van der Waals surface area contributed by atoms with E-state index in [0.717, 1.165) is 31.9 Å². The molecule has 0 radical (unpaired) electrons. The minimum atomic E-state index is -3.52. The zero-order chi connectivity index (χ0) is 27.0. The van der Waals surface area contributed by atoms with Gasteiger partial charge in [0.15, 0.2) is 0 Å². The number of nitrogens with one attached hydrogen (secondary N) is 1. The normalized spacial score (nSPS) is 14.1. The second kappa shape index (κ2) is 12.7. The average molecular weight is 539 g/mol. The molecule has 38 heavy (non-hydrogen) atoms. The van der Waals surface area contributed by atoms with E-state index in [4.69, 9.17) is 9.47 Å². The second-order valence-corrected chi connectivity index (χ2v) is 10.7. The molecule has 0 saturated carbocycles. The number of benzene rings is 3. The highest BCUT2D eigenvalue weighted by Crippen LogP contribution is 2.31. The van der Waals surface area contributed by atoms with Crippen molar-refractivity contribution in [3.8, 4) is 5.75 Å². The number of hydrogen-bond donors (Lipinski definition) is 1. The van der Waals surface area contributed by atoms with E-state index in [1.807, 2.05) is 61.5 Å². The van der Waals surface area contributed by atoms with E-state index < -0.39 is 16.1 Å². The van der Waals surface area contributed by atoms with Crippen LogP contribution in [0.15, 0.2) is 78.9 Å². The first-order chi connectivity index (χ1) is 18.3. The Balaban J connectivity index is 1.29. The fourth-order valence-corrected chi connectivity index (χ4v) is 5.41. The van der Waals surface area contributed by atoms with Crippen molar-refractivity contribution in [2.45, 2.75) is 6.92 Å². The van der Waals surface area contributed by atoms with Crippen molar-refractivity contribution in [1.82, 2.24) is 4.90 Å². The van der Waals surface area contributed by atoms with Gasteiger partial charge in [-0.3, -0.25) is 10.2 Å². The molecule has 4 rings (SSSR count). The van der Waals surface area contributed by atoms with Crippen LogP contribution in [0.5, 0.6) is 5.75 Å². The third-order valence-corrected chi connectivity index (χ3v) is 7.27. The van der Waals surface area contributed by atoms with Gasteiger partial charge in [0.05, 0.1) is 29.9 Å². The quantitative estimate of drug-likeness (QED) is 0.405. The van der Waals surface area contributed by atoms with Gasteiger partial charge >= 0.3 is 6.09 Å². The van der Waals surface area contributed by atoms with Crippen molar-refractivity contribution in [3.63, 3.8) is 0 Å². The molecule has 1 saturated heterocycles. The molecule has 0 aromatic heterocycles. The van der Waals surface area contributed by atoms with Crippen molar-refractivity contribution in [3.05, 3.63) is 78.9 Å². The summed E-state index contributed by atoms with van der Waals surface area (Å²) in [6.07, 6.45) is 0.701. The lowest BCUT2D eigenvalue weighted by atomic mass is 10.2. The third kappa shape index (κ3) is 7.17. The summed E-state index contributed by atoms with van der Waals surface area (Å²) in [6, 6.07) is 23.9. The highest BCUT2D eigenvalue weighted by Gasteiger charge is 2.22. The van der Waals surface area contributed by atoms with Gasteiger partial charge in [-0.05, 0) is 49.4 Å². The van der Waals surface area contributed by atoms with Gasteiger partial charge in [-0.25, -0.2) is 17.5 Å². The van der Waals surface area contributed by atoms with Crippen LogP contribution in [0, 0.1) is 0 Å². The Morgan fingerprint density at radius 3 is 2.32 bits per heavy atom. The van der Waals surface area contributed by atoms with Crippen LogP contribution < -0.4 is 19.3 Å². The lowest BCUT2D eigenvalue weighted by Gasteiger charge is -2.36. The molecule has 1 aliphatic heterocycles. The van der Waals surface area contributed by atoms with Gasteiger partial charge in [-0.2, -0.15) is 0 Å². The predicted octanol–water partition coefficient (Wildman–Crippen LogP) is 4.55. The Labute approximate surface area is 224 Å². The van der Waals surface area contributed by atoms with Gasteiger partial charge in [0.1, 0.15) is 12.4 Å². The summed E-state index contributed by atoms with van der Waals surface area (Å²) >= 11 is 0. The first-order valence-corrected chi connectivity index (χ1v) is 14.5. The molecule has 0 aliphatic carbocycles. The maximum absolute atomic E-state index is 12.6. The standard InChI is InChI=1S/C28H34N4O5S/c1-3-36-27-15-8-7-14-26(27)29-28(33)37-21-20-30-16-18-31(19-17-30)24-12-9-13-25(22-24)32(38(2,34)35)23-10-5-4-6-11-23/h4-15,22H,3,16-21H2,1-2H3,(H,29,33). The Morgan fingerprint density at radius 1 is 0.921 bits per heavy atom. The van der Waals surface area contributed by atoms with Crippen molar-refractivity contribution in [2.24, 2.45) is 0 Å². The van der Waals surface area contributed by atoms with E-state index in [9.17, 15) is 13.2 Å². The average Bonchev–Trinajstić information content (AvgIpc) is 2.90. The molecule has 0 spiro atoms. The smallest absolute Gasteiger partial charge is 0.411 e. The number of ether oxygens (including phenoxy) is 2. The van der Waals surface area contributed by atoms with E-state index in [1.54, 1.807) is 24.3 Å². The molecule has 9 nitrogen and oxygen atoms in total. The van der Waals surface area contributed by atoms with Crippen molar-refractivity contribution >= 4 is 38.9 Å². The SMILES string of the molecule is CCOc1ccccc1NC(=O)OCCN1CCN(c2cccc(N(c3ccccc3)S(C)(=O)=O)c2)CC1. The highest BCUT2D eigenvalue weighted by atomic mass is 32.2. The fraction of sp³-hybridized carbons (Fsp3) is 0.321. The Bertz CT molecular complexity index is 1310. The van der Waals surface area contributed by atoms with Crippen LogP contribution in [-0.2, 0) is 14.8 Å². The molecule has 10 heteroatoms. The number of hydrogen-bond acceptors (Lipinski definition) is 7. The number of piperazine rings is 1. The van der Waals surface area contributed by atoms with E-state index in [-0.39, 0.29) is 6.61 Å². The number of carbonyl (C=O) groups is 1. The molecule has 1 fully saturated rings. The second-order valence-electron chi connectivity index (χ2n) is 8.90. The zero-order valence-corrected chi connectivity index (χ0v) is 22.6. The van der Waals surface area contributed by atoms with E-state index >= 15 is 0 Å². The van der Waals surface area contributed by atoms with Gasteiger partial charge in [0.25, 0.3) is 0 Å². The maximum atomic E-state index is 12.6. The predicted molar refractivity (Wildman–Crippen MR) is 151 cm³/mol. The number of rotatable bonds is 10. The molecule has 3 aromatic rings. The molecule has 202 valence electrons. The molecular formula is C28H34N4O5S. The van der Waals surface area contributed by atoms with Crippen LogP contribution in [0.4, 0.5) is 27.5 Å². The summed E-state index contributed by atoms with van der Waals surface area (Å²) in [6.45, 7) is 6.47. The fourth-order valence-electron chi connectivity index (χ4n) is 4.41. The molecular weight excluding hydrogens is 504 g/mol. The third-order valence-electron chi connectivity index (χ3n) is 6.19. The molecule has 3 aromatic carbocycles. The zero-order valence-electron chi connectivity index (χ0n) is 21.7. The van der Waals surface area contributed by atoms with E-state index in [2.05, 4.69) is 15.1 Å². The van der Waals surface area contributed by atoms with E-state index in [1.165, 1.54) is 10.6 Å². The number of anilines is 4. The maximum Gasteiger partial charge on any atom is 0.411 e. The minimum absolute atomic E-state index is 0.276. The Morgan fingerprint density at radius 2 is 1.61 bits per heavy atom. The number of amides is 1. The Kier molecular flexibility index (Phi) is 9.09. The van der Waals surface area contributed by atoms with Crippen LogP contribution in [-0.4, -0.2) is 71.6 Å². The summed E-state index contributed by atoms with van der Waals surface area (Å²) in [5.41, 5.74) is 2.75. The van der Waals surface area contributed by atoms with E-state index in [0.29, 0.717) is 36.0 Å². The lowest BCUT2D eigenvalue weighted by molar-refractivity contribution is 0.137. The summed E-state index contributed by atoms with van der Waals surface area (Å²) in [5.74, 6) is 0.607. The van der Waals surface area contributed by atoms with Gasteiger partial charge in [-0.15, -0.1) is 0 Å². The molecule has 0 unspecified atom stereocenters. The van der Waals surface area contributed by atoms with Gasteiger partial charge in [0.2, 0.25) is 10.0 Å². The lowest BCUT2D eigenvalue weighted by Crippen LogP contribution is -2.47. The number of sulfonamides is 1. The molecule has 1 heterocycles. The Hall–Kier alpha value is -3.76.